The Hall–Kier alpha value is -2.24. The van der Waals surface area contributed by atoms with Crippen molar-refractivity contribution in [3.05, 3.63) is 29.8 Å². The minimum atomic E-state index is -0.896. The van der Waals surface area contributed by atoms with Gasteiger partial charge in [0.05, 0.1) is 12.5 Å². The van der Waals surface area contributed by atoms with Gasteiger partial charge >= 0.3 is 12.1 Å². The number of likely N-dealkylation sites (tertiary alicyclic amines) is 1. The molecule has 0 atom stereocenters. The third kappa shape index (κ3) is 4.65. The van der Waals surface area contributed by atoms with Gasteiger partial charge in [-0.2, -0.15) is 0 Å². The molecule has 25 heavy (non-hydrogen) atoms. The first-order chi connectivity index (χ1) is 11.7. The molecule has 6 nitrogen and oxygen atoms in total. The van der Waals surface area contributed by atoms with Crippen LogP contribution in [0.5, 0.6) is 5.75 Å². The first-order valence-corrected chi connectivity index (χ1v) is 8.50. The van der Waals surface area contributed by atoms with Crippen molar-refractivity contribution in [2.75, 3.05) is 20.2 Å². The molecule has 1 N–H and O–H groups in total. The van der Waals surface area contributed by atoms with Crippen LogP contribution >= 0.6 is 0 Å². The summed E-state index contributed by atoms with van der Waals surface area (Å²) < 4.78 is 10.7. The molecule has 0 radical (unpaired) electrons. The summed E-state index contributed by atoms with van der Waals surface area (Å²) in [6.07, 6.45) is 0.775. The fourth-order valence-corrected chi connectivity index (χ4v) is 3.12. The lowest BCUT2D eigenvalue weighted by molar-refractivity contribution is -0.152. The SMILES string of the molecule is COc1ccccc1CC1(C(=O)O)CCN(C(=O)OC(C)(C)C)CC1. The Bertz CT molecular complexity index is 627. The zero-order chi connectivity index (χ0) is 18.7. The number of hydrogen-bond donors (Lipinski definition) is 1. The summed E-state index contributed by atoms with van der Waals surface area (Å²) in [6, 6.07) is 7.47. The number of ether oxygens (including phenoxy) is 2. The lowest BCUT2D eigenvalue weighted by Gasteiger charge is -2.39. The van der Waals surface area contributed by atoms with Gasteiger partial charge in [-0.25, -0.2) is 4.79 Å². The highest BCUT2D eigenvalue weighted by molar-refractivity contribution is 5.76. The number of carbonyl (C=O) groups excluding carboxylic acids is 1. The number of nitrogens with zero attached hydrogens (tertiary/aromatic N) is 1. The maximum absolute atomic E-state index is 12.2. The molecule has 1 fully saturated rings. The smallest absolute Gasteiger partial charge is 0.410 e. The second-order valence-electron chi connectivity index (χ2n) is 7.54. The molecule has 1 amide bonds. The van der Waals surface area contributed by atoms with Gasteiger partial charge in [-0.1, -0.05) is 18.2 Å². The molecule has 1 heterocycles. The maximum Gasteiger partial charge on any atom is 0.410 e. The molecular formula is C19H27NO5. The average molecular weight is 349 g/mol. The molecule has 1 aromatic rings. The van der Waals surface area contributed by atoms with Gasteiger partial charge in [0.15, 0.2) is 0 Å². The molecule has 0 aromatic heterocycles. The summed E-state index contributed by atoms with van der Waals surface area (Å²) in [6.45, 7) is 6.20. The number of rotatable bonds is 4. The molecule has 0 unspecified atom stereocenters. The quantitative estimate of drug-likeness (QED) is 0.902. The Morgan fingerprint density at radius 3 is 2.32 bits per heavy atom. The summed E-state index contributed by atoms with van der Waals surface area (Å²) in [5.41, 5.74) is -0.582. The summed E-state index contributed by atoms with van der Waals surface area (Å²) in [5.74, 6) is -0.139. The van der Waals surface area contributed by atoms with E-state index in [1.165, 1.54) is 0 Å². The Labute approximate surface area is 148 Å². The summed E-state index contributed by atoms with van der Waals surface area (Å²) >= 11 is 0. The van der Waals surface area contributed by atoms with Gasteiger partial charge in [0.25, 0.3) is 0 Å². The van der Waals surface area contributed by atoms with Crippen LogP contribution in [0.25, 0.3) is 0 Å². The number of benzene rings is 1. The van der Waals surface area contributed by atoms with Crippen molar-refractivity contribution in [2.45, 2.75) is 45.6 Å². The molecule has 6 heteroatoms. The molecule has 1 aliphatic rings. The number of methoxy groups -OCH3 is 1. The molecule has 1 aliphatic heterocycles. The highest BCUT2D eigenvalue weighted by Gasteiger charge is 2.43. The number of para-hydroxylation sites is 1. The Kier molecular flexibility index (Phi) is 5.60. The van der Waals surface area contributed by atoms with E-state index in [4.69, 9.17) is 9.47 Å². The monoisotopic (exact) mass is 349 g/mol. The molecule has 0 saturated carbocycles. The van der Waals surface area contributed by atoms with E-state index in [9.17, 15) is 14.7 Å². The van der Waals surface area contributed by atoms with Crippen LogP contribution in [0.15, 0.2) is 24.3 Å². The summed E-state index contributed by atoms with van der Waals surface area (Å²) in [5, 5.41) is 9.85. The zero-order valence-corrected chi connectivity index (χ0v) is 15.4. The van der Waals surface area contributed by atoms with E-state index in [1.807, 2.05) is 45.0 Å². The van der Waals surface area contributed by atoms with Crippen molar-refractivity contribution in [3.8, 4) is 5.75 Å². The molecular weight excluding hydrogens is 322 g/mol. The van der Waals surface area contributed by atoms with Crippen LogP contribution in [0.1, 0.15) is 39.2 Å². The lowest BCUT2D eigenvalue weighted by atomic mass is 9.73. The predicted molar refractivity (Wildman–Crippen MR) is 93.8 cm³/mol. The number of piperidine rings is 1. The van der Waals surface area contributed by atoms with E-state index >= 15 is 0 Å². The van der Waals surface area contributed by atoms with Crippen molar-refractivity contribution in [1.29, 1.82) is 0 Å². The van der Waals surface area contributed by atoms with Gasteiger partial charge < -0.3 is 19.5 Å². The van der Waals surface area contributed by atoms with E-state index in [2.05, 4.69) is 0 Å². The van der Waals surface area contributed by atoms with Gasteiger partial charge in [0.1, 0.15) is 11.4 Å². The van der Waals surface area contributed by atoms with E-state index in [-0.39, 0.29) is 6.09 Å². The Balaban J connectivity index is 2.11. The minimum absolute atomic E-state index is 0.371. The molecule has 138 valence electrons. The molecule has 0 bridgehead atoms. The van der Waals surface area contributed by atoms with Gasteiger partial charge in [-0.3, -0.25) is 4.79 Å². The largest absolute Gasteiger partial charge is 0.496 e. The number of hydrogen-bond acceptors (Lipinski definition) is 4. The zero-order valence-electron chi connectivity index (χ0n) is 15.4. The molecule has 1 aromatic carbocycles. The standard InChI is InChI=1S/C19H27NO5/c1-18(2,3)25-17(23)20-11-9-19(10-12-20,16(21)22)13-14-7-5-6-8-15(14)24-4/h5-8H,9-13H2,1-4H3,(H,21,22). The number of carboxylic acid groups (broad SMARTS) is 1. The highest BCUT2D eigenvalue weighted by Crippen LogP contribution is 2.38. The van der Waals surface area contributed by atoms with Crippen LogP contribution in [0.3, 0.4) is 0 Å². The maximum atomic E-state index is 12.2. The van der Waals surface area contributed by atoms with E-state index in [0.29, 0.717) is 38.1 Å². The van der Waals surface area contributed by atoms with E-state index < -0.39 is 17.0 Å². The van der Waals surface area contributed by atoms with Gasteiger partial charge in [-0.05, 0) is 51.7 Å². The molecule has 0 aliphatic carbocycles. The third-order valence-corrected chi connectivity index (χ3v) is 4.55. The van der Waals surface area contributed by atoms with E-state index in [1.54, 1.807) is 12.0 Å². The third-order valence-electron chi connectivity index (χ3n) is 4.55. The van der Waals surface area contributed by atoms with Gasteiger partial charge in [0, 0.05) is 13.1 Å². The van der Waals surface area contributed by atoms with Gasteiger partial charge in [0.2, 0.25) is 0 Å². The first kappa shape index (κ1) is 19.1. The number of carbonyl (C=O) groups is 2. The van der Waals surface area contributed by atoms with Gasteiger partial charge in [-0.15, -0.1) is 0 Å². The highest BCUT2D eigenvalue weighted by atomic mass is 16.6. The fourth-order valence-electron chi connectivity index (χ4n) is 3.12. The molecule has 0 spiro atoms. The Morgan fingerprint density at radius 2 is 1.80 bits per heavy atom. The Morgan fingerprint density at radius 1 is 1.20 bits per heavy atom. The molecule has 2 rings (SSSR count). The second-order valence-corrected chi connectivity index (χ2v) is 7.54. The van der Waals surface area contributed by atoms with Crippen molar-refractivity contribution < 1.29 is 24.2 Å². The normalized spacial score (nSPS) is 17.0. The van der Waals surface area contributed by atoms with Crippen molar-refractivity contribution in [1.82, 2.24) is 4.90 Å². The fraction of sp³-hybridized carbons (Fsp3) is 0.579. The average Bonchev–Trinajstić information content (AvgIpc) is 2.54. The van der Waals surface area contributed by atoms with Crippen LogP contribution < -0.4 is 4.74 Å². The predicted octanol–water partition coefficient (Wildman–Crippen LogP) is 3.34. The van der Waals surface area contributed by atoms with Crippen molar-refractivity contribution in [3.63, 3.8) is 0 Å². The number of aliphatic carboxylic acids is 1. The van der Waals surface area contributed by atoms with Crippen molar-refractivity contribution in [2.24, 2.45) is 5.41 Å². The van der Waals surface area contributed by atoms with Crippen LogP contribution in [-0.4, -0.2) is 47.9 Å². The second kappa shape index (κ2) is 7.33. The first-order valence-electron chi connectivity index (χ1n) is 8.50. The van der Waals surface area contributed by atoms with Crippen molar-refractivity contribution >= 4 is 12.1 Å². The van der Waals surface area contributed by atoms with Crippen LogP contribution in [-0.2, 0) is 16.0 Å². The van der Waals surface area contributed by atoms with Crippen LogP contribution in [0.2, 0.25) is 0 Å². The topological polar surface area (TPSA) is 76.1 Å². The van der Waals surface area contributed by atoms with E-state index in [0.717, 1.165) is 5.56 Å². The van der Waals surface area contributed by atoms with Crippen LogP contribution in [0.4, 0.5) is 4.79 Å². The number of carboxylic acids is 1. The summed E-state index contributed by atoms with van der Waals surface area (Å²) in [4.78, 5) is 25.8. The summed E-state index contributed by atoms with van der Waals surface area (Å²) in [7, 11) is 1.58. The minimum Gasteiger partial charge on any atom is -0.496 e. The lowest BCUT2D eigenvalue weighted by Crippen LogP contribution is -2.48. The van der Waals surface area contributed by atoms with Crippen LogP contribution in [0, 0.1) is 5.41 Å². The number of amides is 1. The molecule has 1 saturated heterocycles.